The van der Waals surface area contributed by atoms with Crippen LogP contribution in [-0.4, -0.2) is 30.9 Å². The summed E-state index contributed by atoms with van der Waals surface area (Å²) in [5.74, 6) is 0.903. The Kier molecular flexibility index (Phi) is 5.27. The van der Waals surface area contributed by atoms with E-state index in [2.05, 4.69) is 26.0 Å². The van der Waals surface area contributed by atoms with E-state index in [4.69, 9.17) is 36.5 Å². The van der Waals surface area contributed by atoms with E-state index in [1.807, 2.05) is 24.3 Å². The molecule has 166 valence electrons. The SMILES string of the molecule is CC(C)O[C@@H]1CC[C@@H]2Oc3ccc(-c4cc(Cl)cc(C#N)c4)cc3[C@@]3(COC(N)=N3)[C@H]2C1. The number of aliphatic imine (C=N–C) groups is 1. The van der Waals surface area contributed by atoms with Crippen molar-refractivity contribution in [3.8, 4) is 22.9 Å². The Bertz CT molecular complexity index is 1130. The number of halogens is 1. The summed E-state index contributed by atoms with van der Waals surface area (Å²) < 4.78 is 18.4. The van der Waals surface area contributed by atoms with Gasteiger partial charge in [0.05, 0.1) is 23.8 Å². The van der Waals surface area contributed by atoms with Crippen molar-refractivity contribution in [3.05, 3.63) is 52.5 Å². The molecule has 1 spiro atoms. The minimum absolute atomic E-state index is 0.0370. The average Bonchev–Trinajstić information content (AvgIpc) is 3.15. The monoisotopic (exact) mass is 451 g/mol. The summed E-state index contributed by atoms with van der Waals surface area (Å²) in [5, 5.41) is 9.87. The van der Waals surface area contributed by atoms with Crippen molar-refractivity contribution >= 4 is 17.6 Å². The second kappa shape index (κ2) is 7.99. The van der Waals surface area contributed by atoms with Crippen LogP contribution in [0.2, 0.25) is 5.02 Å². The predicted octanol–water partition coefficient (Wildman–Crippen LogP) is 4.77. The maximum atomic E-state index is 9.35. The molecule has 2 N–H and O–H groups in total. The molecule has 0 amide bonds. The number of nitrogens with zero attached hydrogens (tertiary/aromatic N) is 2. The summed E-state index contributed by atoms with van der Waals surface area (Å²) in [7, 11) is 0. The Morgan fingerprint density at radius 2 is 2.06 bits per heavy atom. The molecule has 1 saturated carbocycles. The molecule has 0 aromatic heterocycles. The van der Waals surface area contributed by atoms with Crippen molar-refractivity contribution in [2.24, 2.45) is 16.6 Å². The van der Waals surface area contributed by atoms with Crippen LogP contribution >= 0.6 is 11.6 Å². The molecular weight excluding hydrogens is 426 g/mol. The zero-order chi connectivity index (χ0) is 22.5. The van der Waals surface area contributed by atoms with E-state index in [9.17, 15) is 5.26 Å². The lowest BCUT2D eigenvalue weighted by molar-refractivity contribution is -0.0791. The van der Waals surface area contributed by atoms with Gasteiger partial charge in [-0.2, -0.15) is 5.26 Å². The van der Waals surface area contributed by atoms with Gasteiger partial charge in [-0.25, -0.2) is 4.99 Å². The summed E-state index contributed by atoms with van der Waals surface area (Å²) in [5.41, 5.74) is 8.71. The quantitative estimate of drug-likeness (QED) is 0.725. The molecule has 6 nitrogen and oxygen atoms in total. The number of nitriles is 1. The molecule has 4 atom stereocenters. The van der Waals surface area contributed by atoms with Crippen LogP contribution in [0, 0.1) is 17.2 Å². The number of ether oxygens (including phenoxy) is 3. The highest BCUT2D eigenvalue weighted by Gasteiger charge is 2.55. The van der Waals surface area contributed by atoms with Crippen molar-refractivity contribution in [1.82, 2.24) is 0 Å². The summed E-state index contributed by atoms with van der Waals surface area (Å²) in [6.07, 6.45) is 3.06. The summed E-state index contributed by atoms with van der Waals surface area (Å²) in [4.78, 5) is 4.86. The zero-order valence-electron chi connectivity index (χ0n) is 18.2. The summed E-state index contributed by atoms with van der Waals surface area (Å²) in [6, 6.07) is 13.8. The van der Waals surface area contributed by atoms with Crippen molar-refractivity contribution in [2.45, 2.75) is 57.0 Å². The second-order valence-electron chi connectivity index (χ2n) is 9.10. The molecule has 7 heteroatoms. The number of hydrogen-bond donors (Lipinski definition) is 1. The van der Waals surface area contributed by atoms with Crippen LogP contribution in [0.15, 0.2) is 41.4 Å². The molecule has 0 unspecified atom stereocenters. The van der Waals surface area contributed by atoms with Gasteiger partial charge in [-0.1, -0.05) is 17.7 Å². The molecule has 2 aromatic carbocycles. The van der Waals surface area contributed by atoms with Gasteiger partial charge in [0, 0.05) is 16.5 Å². The first-order valence-corrected chi connectivity index (χ1v) is 11.4. The Morgan fingerprint density at radius 1 is 1.22 bits per heavy atom. The Labute approximate surface area is 192 Å². The van der Waals surface area contributed by atoms with Crippen molar-refractivity contribution in [3.63, 3.8) is 0 Å². The number of fused-ring (bicyclic) bond motifs is 4. The molecule has 5 rings (SSSR count). The first kappa shape index (κ1) is 21.1. The Balaban J connectivity index is 1.60. The molecule has 1 fully saturated rings. The Morgan fingerprint density at radius 3 is 2.78 bits per heavy atom. The van der Waals surface area contributed by atoms with E-state index in [1.54, 1.807) is 6.07 Å². The fourth-order valence-corrected chi connectivity index (χ4v) is 5.60. The smallest absolute Gasteiger partial charge is 0.283 e. The molecule has 3 aliphatic rings. The Hall–Kier alpha value is -2.75. The topological polar surface area (TPSA) is 89.9 Å². The van der Waals surface area contributed by atoms with Crippen LogP contribution in [-0.2, 0) is 15.0 Å². The minimum Gasteiger partial charge on any atom is -0.490 e. The number of hydrogen-bond acceptors (Lipinski definition) is 6. The predicted molar refractivity (Wildman–Crippen MR) is 123 cm³/mol. The number of amidine groups is 1. The van der Waals surface area contributed by atoms with Crippen LogP contribution in [0.4, 0.5) is 0 Å². The maximum absolute atomic E-state index is 9.35. The van der Waals surface area contributed by atoms with Crippen LogP contribution in [0.5, 0.6) is 5.75 Å². The van der Waals surface area contributed by atoms with Gasteiger partial charge in [0.1, 0.15) is 24.0 Å². The highest BCUT2D eigenvalue weighted by molar-refractivity contribution is 6.31. The zero-order valence-corrected chi connectivity index (χ0v) is 18.9. The largest absolute Gasteiger partial charge is 0.490 e. The lowest BCUT2D eigenvalue weighted by atomic mass is 9.67. The van der Waals surface area contributed by atoms with E-state index in [-0.39, 0.29) is 30.3 Å². The van der Waals surface area contributed by atoms with Gasteiger partial charge < -0.3 is 19.9 Å². The van der Waals surface area contributed by atoms with Gasteiger partial charge in [0.15, 0.2) is 0 Å². The fraction of sp³-hybridized carbons (Fsp3) is 0.440. The van der Waals surface area contributed by atoms with Crippen LogP contribution in [0.3, 0.4) is 0 Å². The van der Waals surface area contributed by atoms with Gasteiger partial charge in [-0.05, 0) is 74.6 Å². The lowest BCUT2D eigenvalue weighted by Gasteiger charge is -2.48. The molecule has 32 heavy (non-hydrogen) atoms. The second-order valence-corrected chi connectivity index (χ2v) is 9.53. The lowest BCUT2D eigenvalue weighted by Crippen LogP contribution is -2.52. The highest BCUT2D eigenvalue weighted by Crippen LogP contribution is 2.53. The number of nitrogens with two attached hydrogens (primary N) is 1. The number of rotatable bonds is 3. The van der Waals surface area contributed by atoms with Crippen molar-refractivity contribution in [1.29, 1.82) is 5.26 Å². The summed E-state index contributed by atoms with van der Waals surface area (Å²) in [6.45, 7) is 4.51. The first-order valence-electron chi connectivity index (χ1n) is 11.0. The summed E-state index contributed by atoms with van der Waals surface area (Å²) >= 11 is 6.26. The normalized spacial score (nSPS) is 28.3. The van der Waals surface area contributed by atoms with E-state index in [1.165, 1.54) is 0 Å². The molecule has 0 saturated heterocycles. The average molecular weight is 452 g/mol. The van der Waals surface area contributed by atoms with Crippen molar-refractivity contribution < 1.29 is 14.2 Å². The maximum Gasteiger partial charge on any atom is 0.283 e. The minimum atomic E-state index is -0.617. The fourth-order valence-electron chi connectivity index (χ4n) is 5.36. The van der Waals surface area contributed by atoms with Crippen LogP contribution in [0.25, 0.3) is 11.1 Å². The van der Waals surface area contributed by atoms with E-state index in [0.29, 0.717) is 17.2 Å². The third-order valence-electron chi connectivity index (χ3n) is 6.65. The van der Waals surface area contributed by atoms with Crippen LogP contribution < -0.4 is 10.5 Å². The standard InChI is InChI=1S/C25H26ClN3O3/c1-14(2)31-19-4-6-23-21(11-19)25(13-30-24(28)29-25)20-10-16(3-5-22(20)32-23)17-7-15(12-27)8-18(26)9-17/h3,5,7-10,14,19,21,23H,4,6,11,13H2,1-2H3,(H2,28,29)/t19-,21+,23+,25+/m1/s1. The molecule has 0 radical (unpaired) electrons. The van der Waals surface area contributed by atoms with Gasteiger partial charge in [-0.15, -0.1) is 0 Å². The van der Waals surface area contributed by atoms with Gasteiger partial charge in [0.25, 0.3) is 6.02 Å². The molecular formula is C25H26ClN3O3. The van der Waals surface area contributed by atoms with E-state index in [0.717, 1.165) is 41.7 Å². The van der Waals surface area contributed by atoms with Gasteiger partial charge in [-0.3, -0.25) is 0 Å². The third kappa shape index (κ3) is 3.60. The highest BCUT2D eigenvalue weighted by atomic mass is 35.5. The van der Waals surface area contributed by atoms with Crippen molar-refractivity contribution in [2.75, 3.05) is 6.61 Å². The molecule has 2 aromatic rings. The van der Waals surface area contributed by atoms with E-state index < -0.39 is 5.54 Å². The van der Waals surface area contributed by atoms with Crippen LogP contribution in [0.1, 0.15) is 44.2 Å². The molecule has 1 aliphatic carbocycles. The van der Waals surface area contributed by atoms with Gasteiger partial charge >= 0.3 is 0 Å². The molecule has 0 bridgehead atoms. The first-order chi connectivity index (χ1) is 15.4. The molecule has 2 aliphatic heterocycles. The number of benzene rings is 2. The molecule has 2 heterocycles. The van der Waals surface area contributed by atoms with E-state index >= 15 is 0 Å². The van der Waals surface area contributed by atoms with Gasteiger partial charge in [0.2, 0.25) is 0 Å². The third-order valence-corrected chi connectivity index (χ3v) is 6.87.